The maximum absolute atomic E-state index is 12.2. The molecule has 0 heterocycles. The van der Waals surface area contributed by atoms with Crippen LogP contribution in [0.15, 0.2) is 0 Å². The monoisotopic (exact) mass is 585 g/mol. The molecule has 0 radical (unpaired) electrons. The molecule has 0 aliphatic heterocycles. The van der Waals surface area contributed by atoms with Crippen LogP contribution in [0.25, 0.3) is 0 Å². The fourth-order valence-corrected chi connectivity index (χ4v) is 2.39. The fraction of sp³-hybridized carbons (Fsp3) is 0.714. The summed E-state index contributed by atoms with van der Waals surface area (Å²) >= 11 is 9.30. The third-order valence-electron chi connectivity index (χ3n) is 2.97. The predicted molar refractivity (Wildman–Crippen MR) is 110 cm³/mol. The molecule has 0 spiro atoms. The van der Waals surface area contributed by atoms with E-state index in [9.17, 15) is 19.2 Å². The molecule has 0 aromatic carbocycles. The lowest BCUT2D eigenvalue weighted by molar-refractivity contribution is -0.128. The van der Waals surface area contributed by atoms with Crippen molar-refractivity contribution in [3.63, 3.8) is 0 Å². The average molecular weight is 586 g/mol. The van der Waals surface area contributed by atoms with Crippen molar-refractivity contribution in [3.8, 4) is 0 Å². The summed E-state index contributed by atoms with van der Waals surface area (Å²) in [5, 5.41) is 8.10. The SMILES string of the molecule is O=C(CCl)CCCNC(=O)[C@H](CCCNC(=O)CI)NC(=O)CI. The normalized spacial score (nSPS) is 11.5. The Morgan fingerprint density at radius 3 is 2.12 bits per heavy atom. The van der Waals surface area contributed by atoms with Crippen LogP contribution in [0.5, 0.6) is 0 Å². The third kappa shape index (κ3) is 12.2. The second-order valence-corrected chi connectivity index (χ2v) is 6.74. The Labute approximate surface area is 174 Å². The Balaban J connectivity index is 4.26. The summed E-state index contributed by atoms with van der Waals surface area (Å²) in [6.45, 7) is 0.805. The van der Waals surface area contributed by atoms with Crippen LogP contribution in [0, 0.1) is 0 Å². The van der Waals surface area contributed by atoms with E-state index in [0.717, 1.165) is 0 Å². The van der Waals surface area contributed by atoms with E-state index in [1.165, 1.54) is 0 Å². The van der Waals surface area contributed by atoms with Gasteiger partial charge in [0, 0.05) is 19.5 Å². The Hall–Kier alpha value is -0.170. The van der Waals surface area contributed by atoms with Gasteiger partial charge in [-0.3, -0.25) is 19.2 Å². The molecule has 0 rings (SSSR count). The van der Waals surface area contributed by atoms with E-state index < -0.39 is 6.04 Å². The van der Waals surface area contributed by atoms with Gasteiger partial charge in [-0.1, -0.05) is 45.2 Å². The molecule has 24 heavy (non-hydrogen) atoms. The number of hydrogen-bond acceptors (Lipinski definition) is 4. The van der Waals surface area contributed by atoms with E-state index in [-0.39, 0.29) is 33.8 Å². The highest BCUT2D eigenvalue weighted by Gasteiger charge is 2.19. The standard InChI is InChI=1S/C14H22ClI2N3O4/c15-7-10(21)3-1-6-19-14(24)11(20-13(23)9-17)4-2-5-18-12(22)8-16/h11H,1-9H2,(H,18,22)(H,19,24)(H,20,23)/t11-/m0/s1. The fourth-order valence-electron chi connectivity index (χ4n) is 1.77. The lowest BCUT2D eigenvalue weighted by Crippen LogP contribution is -2.47. The third-order valence-corrected chi connectivity index (χ3v) is 4.65. The number of ketones is 1. The zero-order chi connectivity index (χ0) is 18.4. The van der Waals surface area contributed by atoms with E-state index in [1.54, 1.807) is 0 Å². The molecule has 10 heteroatoms. The molecule has 1 atom stereocenters. The molecule has 7 nitrogen and oxygen atoms in total. The molecule has 138 valence electrons. The van der Waals surface area contributed by atoms with Gasteiger partial charge in [0.05, 0.1) is 14.7 Å². The second-order valence-electron chi connectivity index (χ2n) is 4.95. The van der Waals surface area contributed by atoms with Crippen molar-refractivity contribution in [2.24, 2.45) is 0 Å². The number of hydrogen-bond donors (Lipinski definition) is 3. The first-order valence-corrected chi connectivity index (χ1v) is 11.1. The summed E-state index contributed by atoms with van der Waals surface area (Å²) in [7, 11) is 0. The number of nitrogens with one attached hydrogen (secondary N) is 3. The zero-order valence-corrected chi connectivity index (χ0v) is 18.3. The zero-order valence-electron chi connectivity index (χ0n) is 13.2. The van der Waals surface area contributed by atoms with Gasteiger partial charge in [0.1, 0.15) is 11.8 Å². The summed E-state index contributed by atoms with van der Waals surface area (Å²) in [4.78, 5) is 46.0. The first-order valence-electron chi connectivity index (χ1n) is 7.48. The first kappa shape index (κ1) is 23.8. The Kier molecular flexibility index (Phi) is 15.0. The van der Waals surface area contributed by atoms with Crippen molar-refractivity contribution in [2.75, 3.05) is 27.8 Å². The van der Waals surface area contributed by atoms with Gasteiger partial charge in [0.2, 0.25) is 17.7 Å². The van der Waals surface area contributed by atoms with E-state index in [2.05, 4.69) is 16.0 Å². The van der Waals surface area contributed by atoms with Gasteiger partial charge in [-0.2, -0.15) is 0 Å². The molecule has 0 saturated heterocycles. The van der Waals surface area contributed by atoms with Crippen molar-refractivity contribution >= 4 is 80.3 Å². The van der Waals surface area contributed by atoms with Crippen molar-refractivity contribution in [3.05, 3.63) is 0 Å². The summed E-state index contributed by atoms with van der Waals surface area (Å²) < 4.78 is 0.644. The van der Waals surface area contributed by atoms with Crippen LogP contribution in [0.4, 0.5) is 0 Å². The largest absolute Gasteiger partial charge is 0.355 e. The van der Waals surface area contributed by atoms with Crippen molar-refractivity contribution in [1.82, 2.24) is 16.0 Å². The van der Waals surface area contributed by atoms with E-state index in [0.29, 0.717) is 43.2 Å². The minimum atomic E-state index is -0.646. The molecule has 3 N–H and O–H groups in total. The average Bonchev–Trinajstić information content (AvgIpc) is 2.59. The molecule has 0 saturated carbocycles. The molecule has 3 amide bonds. The maximum atomic E-state index is 12.2. The quantitative estimate of drug-likeness (QED) is 0.170. The molecule has 0 aliphatic rings. The van der Waals surface area contributed by atoms with Crippen LogP contribution in [0.2, 0.25) is 0 Å². The molecule has 0 fully saturated rings. The smallest absolute Gasteiger partial charge is 0.242 e. The molecular weight excluding hydrogens is 563 g/mol. The number of rotatable bonds is 13. The highest BCUT2D eigenvalue weighted by atomic mass is 127. The van der Waals surface area contributed by atoms with Gasteiger partial charge in [-0.15, -0.1) is 11.6 Å². The van der Waals surface area contributed by atoms with Gasteiger partial charge in [-0.25, -0.2) is 0 Å². The number of Topliss-reactive ketones (excluding diaryl/α,β-unsaturated/α-hetero) is 1. The minimum absolute atomic E-state index is 0.0226. The predicted octanol–water partition coefficient (Wildman–Crippen LogP) is 0.942. The van der Waals surface area contributed by atoms with E-state index in [1.807, 2.05) is 45.2 Å². The van der Waals surface area contributed by atoms with Gasteiger partial charge < -0.3 is 16.0 Å². The Morgan fingerprint density at radius 2 is 1.54 bits per heavy atom. The molecule has 0 aromatic rings. The number of carbonyl (C=O) groups excluding carboxylic acids is 4. The molecule has 0 bridgehead atoms. The highest BCUT2D eigenvalue weighted by Crippen LogP contribution is 2.00. The van der Waals surface area contributed by atoms with Gasteiger partial charge in [0.15, 0.2) is 0 Å². The molecule has 0 aliphatic carbocycles. The van der Waals surface area contributed by atoms with Gasteiger partial charge in [-0.05, 0) is 19.3 Å². The van der Waals surface area contributed by atoms with Crippen molar-refractivity contribution in [2.45, 2.75) is 31.7 Å². The number of carbonyl (C=O) groups is 4. The summed E-state index contributed by atoms with van der Waals surface area (Å²) in [6.07, 6.45) is 1.83. The van der Waals surface area contributed by atoms with Crippen molar-refractivity contribution in [1.29, 1.82) is 0 Å². The molecule has 0 aromatic heterocycles. The van der Waals surface area contributed by atoms with Crippen LogP contribution < -0.4 is 16.0 Å². The molecule has 0 unspecified atom stereocenters. The number of halogens is 3. The van der Waals surface area contributed by atoms with E-state index >= 15 is 0 Å². The Morgan fingerprint density at radius 1 is 0.917 bits per heavy atom. The summed E-state index contributed by atoms with van der Waals surface area (Å²) in [6, 6.07) is -0.646. The summed E-state index contributed by atoms with van der Waals surface area (Å²) in [5.74, 6) is -0.648. The maximum Gasteiger partial charge on any atom is 0.242 e. The topological polar surface area (TPSA) is 104 Å². The highest BCUT2D eigenvalue weighted by molar-refractivity contribution is 14.1. The lowest BCUT2D eigenvalue weighted by Gasteiger charge is -2.18. The van der Waals surface area contributed by atoms with E-state index in [4.69, 9.17) is 11.6 Å². The van der Waals surface area contributed by atoms with Gasteiger partial charge in [0.25, 0.3) is 0 Å². The van der Waals surface area contributed by atoms with Crippen LogP contribution in [-0.4, -0.2) is 57.4 Å². The van der Waals surface area contributed by atoms with Crippen LogP contribution >= 0.6 is 56.8 Å². The van der Waals surface area contributed by atoms with Crippen LogP contribution in [-0.2, 0) is 19.2 Å². The Bertz CT molecular complexity index is 438. The second kappa shape index (κ2) is 15.1. The molecular formula is C14H22ClI2N3O4. The van der Waals surface area contributed by atoms with Crippen LogP contribution in [0.3, 0.4) is 0 Å². The van der Waals surface area contributed by atoms with Crippen molar-refractivity contribution < 1.29 is 19.2 Å². The first-order chi connectivity index (χ1) is 11.4. The van der Waals surface area contributed by atoms with Gasteiger partial charge >= 0.3 is 0 Å². The minimum Gasteiger partial charge on any atom is -0.355 e. The number of alkyl halides is 3. The lowest BCUT2D eigenvalue weighted by atomic mass is 10.1. The summed E-state index contributed by atoms with van der Waals surface area (Å²) in [5.41, 5.74) is 0. The number of amides is 3. The van der Waals surface area contributed by atoms with Crippen LogP contribution in [0.1, 0.15) is 25.7 Å².